The molecule has 5 nitrogen and oxygen atoms in total. The second kappa shape index (κ2) is 6.14. The Morgan fingerprint density at radius 2 is 2.00 bits per heavy atom. The van der Waals surface area contributed by atoms with Crippen molar-refractivity contribution in [1.82, 2.24) is 10.2 Å². The molecule has 0 saturated carbocycles. The molecule has 1 aliphatic heterocycles. The first-order chi connectivity index (χ1) is 10.6. The minimum Gasteiger partial charge on any atom is -0.465 e. The van der Waals surface area contributed by atoms with Gasteiger partial charge in [-0.15, -0.1) is 0 Å². The third kappa shape index (κ3) is 3.43. The fourth-order valence-electron chi connectivity index (χ4n) is 2.98. The molecule has 0 unspecified atom stereocenters. The van der Waals surface area contributed by atoms with Crippen LogP contribution < -0.4 is 5.32 Å². The van der Waals surface area contributed by atoms with Gasteiger partial charge in [0.05, 0.1) is 0 Å². The normalized spacial score (nSPS) is 21.7. The van der Waals surface area contributed by atoms with Gasteiger partial charge in [0.2, 0.25) is 5.91 Å². The van der Waals surface area contributed by atoms with Gasteiger partial charge >= 0.3 is 6.09 Å². The number of carbonyl (C=O) groups is 2. The van der Waals surface area contributed by atoms with Crippen LogP contribution in [0, 0.1) is 11.6 Å². The van der Waals surface area contributed by atoms with E-state index >= 15 is 0 Å². The Labute approximate surface area is 133 Å². The SMILES string of the molecule is CC(C)(C)N(C(=O)O)[C@H]1C[C@@H](c2cccc(F)c2F)CNC1=O. The van der Waals surface area contributed by atoms with E-state index in [0.717, 1.165) is 11.0 Å². The van der Waals surface area contributed by atoms with Crippen LogP contribution >= 0.6 is 0 Å². The van der Waals surface area contributed by atoms with E-state index < -0.39 is 41.1 Å². The average Bonchev–Trinajstić information content (AvgIpc) is 2.42. The van der Waals surface area contributed by atoms with Crippen molar-refractivity contribution < 1.29 is 23.5 Å². The van der Waals surface area contributed by atoms with Crippen molar-refractivity contribution in [2.24, 2.45) is 0 Å². The lowest BCUT2D eigenvalue weighted by atomic mass is 9.86. The van der Waals surface area contributed by atoms with Gasteiger partial charge in [0, 0.05) is 18.0 Å². The monoisotopic (exact) mass is 326 g/mol. The molecule has 0 radical (unpaired) electrons. The molecular formula is C16H20F2N2O3. The minimum atomic E-state index is -1.22. The first-order valence-electron chi connectivity index (χ1n) is 7.36. The lowest BCUT2D eigenvalue weighted by Crippen LogP contribution is -2.59. The molecule has 1 aromatic rings. The maximum Gasteiger partial charge on any atom is 0.408 e. The van der Waals surface area contributed by atoms with E-state index in [2.05, 4.69) is 5.32 Å². The summed E-state index contributed by atoms with van der Waals surface area (Å²) in [6, 6.07) is 2.93. The van der Waals surface area contributed by atoms with Crippen molar-refractivity contribution in [2.75, 3.05) is 6.54 Å². The molecule has 1 aromatic carbocycles. The van der Waals surface area contributed by atoms with Gasteiger partial charge in [-0.25, -0.2) is 13.6 Å². The van der Waals surface area contributed by atoms with Crippen molar-refractivity contribution in [2.45, 2.75) is 44.7 Å². The molecule has 2 amide bonds. The highest BCUT2D eigenvalue weighted by atomic mass is 19.2. The Morgan fingerprint density at radius 3 is 2.57 bits per heavy atom. The highest BCUT2D eigenvalue weighted by Crippen LogP contribution is 2.31. The van der Waals surface area contributed by atoms with Crippen LogP contribution in [0.1, 0.15) is 38.7 Å². The quantitative estimate of drug-likeness (QED) is 0.878. The summed E-state index contributed by atoms with van der Waals surface area (Å²) in [5.74, 6) is -2.82. The van der Waals surface area contributed by atoms with Crippen molar-refractivity contribution in [3.05, 3.63) is 35.4 Å². The molecule has 1 fully saturated rings. The average molecular weight is 326 g/mol. The molecule has 126 valence electrons. The molecule has 0 spiro atoms. The second-order valence-corrected chi connectivity index (χ2v) is 6.66. The molecule has 0 aromatic heterocycles. The van der Waals surface area contributed by atoms with Gasteiger partial charge in [0.15, 0.2) is 11.6 Å². The topological polar surface area (TPSA) is 69.6 Å². The third-order valence-electron chi connectivity index (χ3n) is 3.99. The van der Waals surface area contributed by atoms with Gasteiger partial charge < -0.3 is 10.4 Å². The lowest BCUT2D eigenvalue weighted by molar-refractivity contribution is -0.130. The molecule has 1 heterocycles. The zero-order chi connectivity index (χ0) is 17.4. The van der Waals surface area contributed by atoms with E-state index in [1.165, 1.54) is 12.1 Å². The van der Waals surface area contributed by atoms with Gasteiger partial charge in [-0.2, -0.15) is 0 Å². The minimum absolute atomic E-state index is 0.107. The van der Waals surface area contributed by atoms with E-state index in [1.807, 2.05) is 0 Å². The van der Waals surface area contributed by atoms with Crippen LogP contribution in [0.3, 0.4) is 0 Å². The van der Waals surface area contributed by atoms with Crippen molar-refractivity contribution >= 4 is 12.0 Å². The molecular weight excluding hydrogens is 306 g/mol. The van der Waals surface area contributed by atoms with Crippen molar-refractivity contribution in [1.29, 1.82) is 0 Å². The molecule has 23 heavy (non-hydrogen) atoms. The Morgan fingerprint density at radius 1 is 1.35 bits per heavy atom. The maximum atomic E-state index is 14.0. The maximum absolute atomic E-state index is 14.0. The lowest BCUT2D eigenvalue weighted by Gasteiger charge is -2.42. The van der Waals surface area contributed by atoms with Crippen LogP contribution in [0.25, 0.3) is 0 Å². The molecule has 1 aliphatic rings. The predicted molar refractivity (Wildman–Crippen MR) is 80.1 cm³/mol. The molecule has 1 saturated heterocycles. The van der Waals surface area contributed by atoms with Crippen LogP contribution in [0.5, 0.6) is 0 Å². The van der Waals surface area contributed by atoms with Crippen LogP contribution in [0.4, 0.5) is 13.6 Å². The summed E-state index contributed by atoms with van der Waals surface area (Å²) < 4.78 is 27.4. The van der Waals surface area contributed by atoms with Crippen LogP contribution in [-0.2, 0) is 4.79 Å². The smallest absolute Gasteiger partial charge is 0.408 e. The van der Waals surface area contributed by atoms with Gasteiger partial charge in [-0.3, -0.25) is 9.69 Å². The highest BCUT2D eigenvalue weighted by Gasteiger charge is 2.41. The zero-order valence-electron chi connectivity index (χ0n) is 13.3. The van der Waals surface area contributed by atoms with Gasteiger partial charge in [-0.05, 0) is 38.8 Å². The second-order valence-electron chi connectivity index (χ2n) is 6.66. The summed E-state index contributed by atoms with van der Waals surface area (Å²) in [6.45, 7) is 5.19. The number of rotatable bonds is 2. The Bertz CT molecular complexity index is 628. The summed E-state index contributed by atoms with van der Waals surface area (Å²) in [5, 5.41) is 12.0. The molecule has 0 aliphatic carbocycles. The summed E-state index contributed by atoms with van der Waals surface area (Å²) in [4.78, 5) is 24.8. The summed E-state index contributed by atoms with van der Waals surface area (Å²) in [6.07, 6.45) is -1.12. The van der Waals surface area contributed by atoms with Gasteiger partial charge in [0.1, 0.15) is 6.04 Å². The Hall–Kier alpha value is -2.18. The van der Waals surface area contributed by atoms with Crippen molar-refractivity contribution in [3.63, 3.8) is 0 Å². The van der Waals surface area contributed by atoms with Crippen molar-refractivity contribution in [3.8, 4) is 0 Å². The van der Waals surface area contributed by atoms with Crippen LogP contribution in [0.15, 0.2) is 18.2 Å². The van der Waals surface area contributed by atoms with E-state index in [4.69, 9.17) is 0 Å². The number of amides is 2. The zero-order valence-corrected chi connectivity index (χ0v) is 13.3. The number of piperidine rings is 1. The standard InChI is InChI=1S/C16H20F2N2O3/c1-16(2,3)20(15(22)23)12-7-9(8-19-14(12)21)10-5-4-6-11(17)13(10)18/h4-6,9,12H,7-8H2,1-3H3,(H,19,21)(H,22,23)/t9-,12+/m1/s1. The number of benzene rings is 1. The molecule has 2 N–H and O–H groups in total. The Balaban J connectivity index is 2.34. The van der Waals surface area contributed by atoms with E-state index in [9.17, 15) is 23.5 Å². The van der Waals surface area contributed by atoms with Crippen LogP contribution in [0.2, 0.25) is 0 Å². The predicted octanol–water partition coefficient (Wildman–Crippen LogP) is 2.72. The Kier molecular flexibility index (Phi) is 4.58. The fraction of sp³-hybridized carbons (Fsp3) is 0.500. The highest BCUT2D eigenvalue weighted by molar-refractivity contribution is 5.86. The number of hydrogen-bond acceptors (Lipinski definition) is 2. The first-order valence-corrected chi connectivity index (χ1v) is 7.36. The number of nitrogens with zero attached hydrogens (tertiary/aromatic N) is 1. The van der Waals surface area contributed by atoms with E-state index in [-0.39, 0.29) is 18.5 Å². The third-order valence-corrected chi connectivity index (χ3v) is 3.99. The fourth-order valence-corrected chi connectivity index (χ4v) is 2.98. The number of carboxylic acid groups (broad SMARTS) is 1. The number of carbonyl (C=O) groups excluding carboxylic acids is 1. The molecule has 0 bridgehead atoms. The summed E-state index contributed by atoms with van der Waals surface area (Å²) in [7, 11) is 0. The van der Waals surface area contributed by atoms with E-state index in [1.54, 1.807) is 20.8 Å². The first kappa shape index (κ1) is 17.2. The number of hydrogen-bond donors (Lipinski definition) is 2. The largest absolute Gasteiger partial charge is 0.465 e. The number of halogens is 2. The molecule has 7 heteroatoms. The number of nitrogens with one attached hydrogen (secondary N) is 1. The van der Waals surface area contributed by atoms with Crippen LogP contribution in [-0.4, -0.2) is 40.1 Å². The molecule has 2 rings (SSSR count). The summed E-state index contributed by atoms with van der Waals surface area (Å²) >= 11 is 0. The summed E-state index contributed by atoms with van der Waals surface area (Å²) in [5.41, 5.74) is -0.648. The van der Waals surface area contributed by atoms with Gasteiger partial charge in [-0.1, -0.05) is 12.1 Å². The molecule has 2 atom stereocenters. The van der Waals surface area contributed by atoms with E-state index in [0.29, 0.717) is 0 Å². The van der Waals surface area contributed by atoms with Gasteiger partial charge in [0.25, 0.3) is 0 Å².